The Morgan fingerprint density at radius 2 is 0.983 bits per heavy atom. The molecule has 2 aliphatic heterocycles. The van der Waals surface area contributed by atoms with E-state index in [-0.39, 0.29) is 62.2 Å². The van der Waals surface area contributed by atoms with Crippen LogP contribution in [0.25, 0.3) is 0 Å². The summed E-state index contributed by atoms with van der Waals surface area (Å²) in [4.78, 5) is 29.7. The maximum atomic E-state index is 13.8. The van der Waals surface area contributed by atoms with E-state index >= 15 is 0 Å². The number of hydrogen-bond acceptors (Lipinski definition) is 10. The van der Waals surface area contributed by atoms with Crippen molar-refractivity contribution in [1.82, 2.24) is 20.4 Å². The minimum atomic E-state index is -4.79. The number of carbonyl (C=O) groups is 2. The first-order valence-corrected chi connectivity index (χ1v) is 19.4. The van der Waals surface area contributed by atoms with Crippen molar-refractivity contribution in [1.29, 1.82) is 0 Å². The molecule has 2 aromatic carbocycles. The van der Waals surface area contributed by atoms with Crippen molar-refractivity contribution >= 4 is 11.9 Å². The average molecular weight is 839 g/mol. The molecule has 2 aliphatic rings. The monoisotopic (exact) mass is 838 g/mol. The first-order valence-electron chi connectivity index (χ1n) is 19.4. The smallest absolute Gasteiger partial charge is 0.416 e. The van der Waals surface area contributed by atoms with Crippen LogP contribution < -0.4 is 10.6 Å². The molecule has 2 heterocycles. The highest BCUT2D eigenvalue weighted by atomic mass is 19.4. The molecule has 58 heavy (non-hydrogen) atoms. The fourth-order valence-corrected chi connectivity index (χ4v) is 7.31. The van der Waals surface area contributed by atoms with Crippen LogP contribution in [0.15, 0.2) is 36.4 Å². The van der Waals surface area contributed by atoms with Crippen molar-refractivity contribution in [3.8, 4) is 0 Å². The normalized spacial score (nSPS) is 17.7. The molecule has 0 spiro atoms. The van der Waals surface area contributed by atoms with Gasteiger partial charge >= 0.3 is 24.3 Å². The Bertz CT molecular complexity index is 1560. The molecular weight excluding hydrogens is 784 g/mol. The van der Waals surface area contributed by atoms with Crippen molar-refractivity contribution < 1.29 is 64.4 Å². The summed E-state index contributed by atoms with van der Waals surface area (Å²) in [6.45, 7) is 8.47. The van der Waals surface area contributed by atoms with Gasteiger partial charge in [0.15, 0.2) is 12.2 Å². The number of piperidine rings is 2. The van der Waals surface area contributed by atoms with Gasteiger partial charge in [0.05, 0.1) is 11.1 Å². The zero-order valence-electron chi connectivity index (χ0n) is 33.1. The SMILES string of the molecule is CC(C)(CCN(Cc1ccc(F)cc1C(F)(F)F)C1CCNCC1)OC(=O)C(O)C(O)C(=O)OC(C)(C)CCN(Cc1ccc(F)cc1C(F)(F)F)C1CCNCC1. The number of esters is 2. The van der Waals surface area contributed by atoms with Crippen molar-refractivity contribution in [2.45, 2.75) is 127 Å². The van der Waals surface area contributed by atoms with Crippen LogP contribution in [-0.2, 0) is 44.5 Å². The van der Waals surface area contributed by atoms with Gasteiger partial charge in [-0.05, 0) is 128 Å². The number of benzene rings is 2. The molecule has 10 nitrogen and oxygen atoms in total. The second-order valence-electron chi connectivity index (χ2n) is 16.3. The van der Waals surface area contributed by atoms with Gasteiger partial charge in [0.25, 0.3) is 0 Å². The highest BCUT2D eigenvalue weighted by Crippen LogP contribution is 2.36. The van der Waals surface area contributed by atoms with Crippen LogP contribution in [0.1, 0.15) is 88.5 Å². The molecule has 18 heteroatoms. The fraction of sp³-hybridized carbons (Fsp3) is 0.650. The Labute approximate surface area is 333 Å². The Kier molecular flexibility index (Phi) is 16.1. The molecule has 4 rings (SSSR count). The van der Waals surface area contributed by atoms with Crippen LogP contribution in [0.3, 0.4) is 0 Å². The molecular formula is C40H54F8N4O6. The Morgan fingerprint density at radius 3 is 1.29 bits per heavy atom. The highest BCUT2D eigenvalue weighted by Gasteiger charge is 2.40. The number of carbonyl (C=O) groups excluding carboxylic acids is 2. The zero-order valence-corrected chi connectivity index (χ0v) is 33.1. The molecule has 0 saturated carbocycles. The number of alkyl halides is 6. The molecule has 2 atom stereocenters. The molecule has 0 radical (unpaired) electrons. The fourth-order valence-electron chi connectivity index (χ4n) is 7.31. The van der Waals surface area contributed by atoms with Crippen LogP contribution in [0.4, 0.5) is 35.1 Å². The minimum Gasteiger partial charge on any atom is -0.458 e. The third-order valence-corrected chi connectivity index (χ3v) is 10.7. The topological polar surface area (TPSA) is 124 Å². The summed E-state index contributed by atoms with van der Waals surface area (Å²) >= 11 is 0. The van der Waals surface area contributed by atoms with E-state index in [4.69, 9.17) is 9.47 Å². The molecule has 0 amide bonds. The number of ether oxygens (including phenoxy) is 2. The lowest BCUT2D eigenvalue weighted by Gasteiger charge is -2.37. The lowest BCUT2D eigenvalue weighted by molar-refractivity contribution is -0.187. The number of hydrogen-bond donors (Lipinski definition) is 4. The van der Waals surface area contributed by atoms with Crippen molar-refractivity contribution in [2.75, 3.05) is 39.3 Å². The van der Waals surface area contributed by atoms with E-state index < -0.39 is 70.5 Å². The van der Waals surface area contributed by atoms with E-state index in [0.29, 0.717) is 64.0 Å². The van der Waals surface area contributed by atoms with Gasteiger partial charge in [0.1, 0.15) is 22.8 Å². The lowest BCUT2D eigenvalue weighted by Crippen LogP contribution is -2.48. The van der Waals surface area contributed by atoms with Crippen LogP contribution in [0, 0.1) is 11.6 Å². The van der Waals surface area contributed by atoms with Crippen LogP contribution >= 0.6 is 0 Å². The highest BCUT2D eigenvalue weighted by molar-refractivity contribution is 5.85. The molecule has 326 valence electrons. The standard InChI is InChI=1S/C40H54F8N4O6/c1-37(2,13-19-51(29-9-15-49-16-10-29)23-25-5-7-27(41)21-31(25)39(43,44)45)57-35(55)33(53)34(54)36(56)58-38(3,4)14-20-52(30-11-17-50-18-12-30)24-26-6-8-28(42)22-32(26)40(46,47)48/h5-8,21-22,29-30,33-34,49-50,53-54H,9-20,23-24H2,1-4H3. The zero-order chi connectivity index (χ0) is 43.1. The molecule has 4 N–H and O–H groups in total. The quantitative estimate of drug-likeness (QED) is 0.112. The predicted molar refractivity (Wildman–Crippen MR) is 197 cm³/mol. The van der Waals surface area contributed by atoms with Crippen molar-refractivity contribution in [3.63, 3.8) is 0 Å². The van der Waals surface area contributed by atoms with Gasteiger partial charge in [-0.1, -0.05) is 12.1 Å². The third kappa shape index (κ3) is 13.8. The van der Waals surface area contributed by atoms with Crippen molar-refractivity contribution in [3.05, 3.63) is 70.3 Å². The third-order valence-electron chi connectivity index (χ3n) is 10.7. The first-order chi connectivity index (χ1) is 27.0. The number of nitrogens with one attached hydrogen (secondary N) is 2. The summed E-state index contributed by atoms with van der Waals surface area (Å²) in [5, 5.41) is 27.7. The van der Waals surface area contributed by atoms with Crippen LogP contribution in [-0.4, -0.2) is 107 Å². The summed E-state index contributed by atoms with van der Waals surface area (Å²) in [5.41, 5.74) is -5.09. The van der Waals surface area contributed by atoms with Gasteiger partial charge in [-0.2, -0.15) is 26.3 Å². The first kappa shape index (κ1) is 47.3. The molecule has 2 saturated heterocycles. The van der Waals surface area contributed by atoms with E-state index in [1.165, 1.54) is 27.7 Å². The average Bonchev–Trinajstić information content (AvgIpc) is 3.15. The van der Waals surface area contributed by atoms with Gasteiger partial charge in [0.2, 0.25) is 0 Å². The summed E-state index contributed by atoms with van der Waals surface area (Å²) in [6.07, 6.45) is -11.7. The summed E-state index contributed by atoms with van der Waals surface area (Å²) < 4.78 is 122. The maximum absolute atomic E-state index is 13.8. The van der Waals surface area contributed by atoms with Crippen LogP contribution in [0.2, 0.25) is 0 Å². The van der Waals surface area contributed by atoms with Crippen molar-refractivity contribution in [2.24, 2.45) is 0 Å². The summed E-state index contributed by atoms with van der Waals surface area (Å²) in [6, 6.07) is 4.75. The van der Waals surface area contributed by atoms with E-state index in [9.17, 15) is 54.9 Å². The number of aliphatic hydroxyl groups excluding tert-OH is 2. The summed E-state index contributed by atoms with van der Waals surface area (Å²) in [5.74, 6) is -4.74. The summed E-state index contributed by atoms with van der Waals surface area (Å²) in [7, 11) is 0. The maximum Gasteiger partial charge on any atom is 0.416 e. The van der Waals surface area contributed by atoms with E-state index in [1.807, 2.05) is 9.80 Å². The number of aliphatic hydroxyl groups is 2. The second-order valence-corrected chi connectivity index (χ2v) is 16.3. The van der Waals surface area contributed by atoms with E-state index in [2.05, 4.69) is 10.6 Å². The molecule has 0 aromatic heterocycles. The lowest BCUT2D eigenvalue weighted by atomic mass is 9.98. The number of nitrogens with zero attached hydrogens (tertiary/aromatic N) is 2. The van der Waals surface area contributed by atoms with Gasteiger partial charge in [-0.15, -0.1) is 0 Å². The van der Waals surface area contributed by atoms with Gasteiger partial charge in [-0.3, -0.25) is 9.80 Å². The molecule has 2 aromatic rings. The van der Waals surface area contributed by atoms with Gasteiger partial charge in [-0.25, -0.2) is 18.4 Å². The number of rotatable bonds is 17. The van der Waals surface area contributed by atoms with Crippen LogP contribution in [0.5, 0.6) is 0 Å². The van der Waals surface area contributed by atoms with Gasteiger partial charge in [0, 0.05) is 38.3 Å². The molecule has 2 unspecified atom stereocenters. The Balaban J connectivity index is 1.37. The Morgan fingerprint density at radius 1 is 0.655 bits per heavy atom. The van der Waals surface area contributed by atoms with E-state index in [0.717, 1.165) is 24.3 Å². The van der Waals surface area contributed by atoms with E-state index in [1.54, 1.807) is 0 Å². The minimum absolute atomic E-state index is 0.0709. The van der Waals surface area contributed by atoms with Gasteiger partial charge < -0.3 is 30.3 Å². The largest absolute Gasteiger partial charge is 0.458 e. The molecule has 0 aliphatic carbocycles. The number of halogens is 8. The second kappa shape index (κ2) is 19.8. The molecule has 2 fully saturated rings. The predicted octanol–water partition coefficient (Wildman–Crippen LogP) is 5.96. The molecule has 0 bridgehead atoms. The Hall–Kier alpha value is -3.42.